The number of esters is 1. The first-order chi connectivity index (χ1) is 6.16. The van der Waals surface area contributed by atoms with E-state index in [-0.39, 0.29) is 12.0 Å². The van der Waals surface area contributed by atoms with E-state index in [2.05, 4.69) is 10.2 Å². The van der Waals surface area contributed by atoms with Crippen LogP contribution in [0.3, 0.4) is 0 Å². The average molecular weight is 186 g/mol. The molecule has 1 atom stereocenters. The highest BCUT2D eigenvalue weighted by Crippen LogP contribution is 2.07. The van der Waals surface area contributed by atoms with Crippen LogP contribution in [0.4, 0.5) is 0 Å². The Morgan fingerprint density at radius 2 is 2.31 bits per heavy atom. The molecular weight excluding hydrogens is 168 g/mol. The summed E-state index contributed by atoms with van der Waals surface area (Å²) < 4.78 is 4.94. The topological polar surface area (TPSA) is 41.6 Å². The Labute approximate surface area is 79.2 Å². The molecule has 13 heavy (non-hydrogen) atoms. The molecule has 0 aliphatic carbocycles. The number of nitrogens with zero attached hydrogens (tertiary/aromatic N) is 1. The first-order valence-electron chi connectivity index (χ1n) is 4.76. The highest BCUT2D eigenvalue weighted by molar-refractivity contribution is 5.75. The molecule has 4 heteroatoms. The Balaban J connectivity index is 2.35. The molecule has 0 spiro atoms. The zero-order chi connectivity index (χ0) is 9.84. The third-order valence-electron chi connectivity index (χ3n) is 2.57. The quantitative estimate of drug-likeness (QED) is 0.620. The Hall–Kier alpha value is -0.610. The van der Waals surface area contributed by atoms with Crippen molar-refractivity contribution in [2.75, 3.05) is 26.7 Å². The van der Waals surface area contributed by atoms with Crippen LogP contribution in [0, 0.1) is 0 Å². The lowest BCUT2D eigenvalue weighted by Crippen LogP contribution is -2.59. The van der Waals surface area contributed by atoms with Gasteiger partial charge in [-0.05, 0) is 20.9 Å². The molecule has 4 nitrogen and oxygen atoms in total. The normalized spacial score (nSPS) is 19.7. The Morgan fingerprint density at radius 3 is 2.69 bits per heavy atom. The largest absolute Gasteiger partial charge is 0.465 e. The molecule has 1 aliphatic rings. The number of likely N-dealkylation sites (N-methyl/N-ethyl adjacent to an activating group) is 1. The second-order valence-electron chi connectivity index (χ2n) is 3.41. The molecule has 1 N–H and O–H groups in total. The number of rotatable bonds is 4. The fourth-order valence-corrected chi connectivity index (χ4v) is 1.31. The van der Waals surface area contributed by atoms with Gasteiger partial charge in [-0.2, -0.15) is 0 Å². The highest BCUT2D eigenvalue weighted by atomic mass is 16.5. The van der Waals surface area contributed by atoms with E-state index in [9.17, 15) is 4.79 Å². The van der Waals surface area contributed by atoms with E-state index in [0.29, 0.717) is 12.6 Å². The number of ether oxygens (including phenoxy) is 1. The number of hydrogen-bond donors (Lipinski definition) is 1. The minimum atomic E-state index is -0.132. The Bertz CT molecular complexity index is 180. The molecule has 76 valence electrons. The Kier molecular flexibility index (Phi) is 3.69. The zero-order valence-corrected chi connectivity index (χ0v) is 8.54. The molecule has 1 saturated heterocycles. The summed E-state index contributed by atoms with van der Waals surface area (Å²) in [5.74, 6) is -0.128. The van der Waals surface area contributed by atoms with Gasteiger partial charge in [-0.3, -0.25) is 9.69 Å². The summed E-state index contributed by atoms with van der Waals surface area (Å²) in [5, 5.41) is 3.17. The van der Waals surface area contributed by atoms with Gasteiger partial charge >= 0.3 is 5.97 Å². The van der Waals surface area contributed by atoms with Crippen molar-refractivity contribution in [3.05, 3.63) is 0 Å². The molecule has 1 rings (SSSR count). The van der Waals surface area contributed by atoms with E-state index in [4.69, 9.17) is 4.74 Å². The molecule has 0 radical (unpaired) electrons. The van der Waals surface area contributed by atoms with Gasteiger partial charge in [0.05, 0.1) is 6.61 Å². The number of carbonyl (C=O) groups excluding carboxylic acids is 1. The van der Waals surface area contributed by atoms with Gasteiger partial charge in [-0.15, -0.1) is 0 Å². The van der Waals surface area contributed by atoms with Crippen molar-refractivity contribution in [1.82, 2.24) is 10.2 Å². The molecular formula is C9H18N2O2. The molecule has 0 saturated carbocycles. The molecule has 0 amide bonds. The summed E-state index contributed by atoms with van der Waals surface area (Å²) in [6.07, 6.45) is 0. The van der Waals surface area contributed by atoms with Crippen LogP contribution < -0.4 is 5.32 Å². The van der Waals surface area contributed by atoms with Crippen LogP contribution in [0.2, 0.25) is 0 Å². The van der Waals surface area contributed by atoms with Crippen molar-refractivity contribution in [2.45, 2.75) is 25.9 Å². The van der Waals surface area contributed by atoms with Gasteiger partial charge in [0.25, 0.3) is 0 Å². The number of carbonyl (C=O) groups is 1. The molecule has 0 bridgehead atoms. The minimum absolute atomic E-state index is 0.128. The first-order valence-corrected chi connectivity index (χ1v) is 4.76. The van der Waals surface area contributed by atoms with Gasteiger partial charge in [0.1, 0.15) is 6.04 Å². The SMILES string of the molecule is CCOC(=O)C(C)N(C)C1CNC1. The monoisotopic (exact) mass is 186 g/mol. The predicted molar refractivity (Wildman–Crippen MR) is 50.5 cm³/mol. The summed E-state index contributed by atoms with van der Waals surface area (Å²) in [6.45, 7) is 6.12. The van der Waals surface area contributed by atoms with Gasteiger partial charge < -0.3 is 10.1 Å². The van der Waals surface area contributed by atoms with E-state index < -0.39 is 0 Å². The average Bonchev–Trinajstić information content (AvgIpc) is 2.00. The highest BCUT2D eigenvalue weighted by Gasteiger charge is 2.29. The molecule has 1 heterocycles. The smallest absolute Gasteiger partial charge is 0.323 e. The minimum Gasteiger partial charge on any atom is -0.465 e. The number of hydrogen-bond acceptors (Lipinski definition) is 4. The van der Waals surface area contributed by atoms with Gasteiger partial charge in [0, 0.05) is 19.1 Å². The van der Waals surface area contributed by atoms with Crippen LogP contribution in [0.5, 0.6) is 0 Å². The van der Waals surface area contributed by atoms with Crippen LogP contribution in [0.1, 0.15) is 13.8 Å². The molecule has 0 aromatic rings. The van der Waals surface area contributed by atoms with E-state index in [0.717, 1.165) is 13.1 Å². The maximum atomic E-state index is 11.3. The Morgan fingerprint density at radius 1 is 1.69 bits per heavy atom. The third-order valence-corrected chi connectivity index (χ3v) is 2.57. The van der Waals surface area contributed by atoms with Crippen molar-refractivity contribution < 1.29 is 9.53 Å². The fourth-order valence-electron chi connectivity index (χ4n) is 1.31. The second kappa shape index (κ2) is 4.58. The van der Waals surface area contributed by atoms with Crippen LogP contribution in [-0.2, 0) is 9.53 Å². The maximum absolute atomic E-state index is 11.3. The molecule has 1 fully saturated rings. The van der Waals surface area contributed by atoms with Gasteiger partial charge in [0.15, 0.2) is 0 Å². The molecule has 1 aliphatic heterocycles. The predicted octanol–water partition coefficient (Wildman–Crippen LogP) is -0.158. The van der Waals surface area contributed by atoms with Crippen LogP contribution in [-0.4, -0.2) is 49.7 Å². The summed E-state index contributed by atoms with van der Waals surface area (Å²) in [6, 6.07) is 0.353. The molecule has 1 unspecified atom stereocenters. The van der Waals surface area contributed by atoms with Crippen molar-refractivity contribution in [2.24, 2.45) is 0 Å². The number of nitrogens with one attached hydrogen (secondary N) is 1. The second-order valence-corrected chi connectivity index (χ2v) is 3.41. The van der Waals surface area contributed by atoms with E-state index in [1.54, 1.807) is 0 Å². The fraction of sp³-hybridized carbons (Fsp3) is 0.889. The van der Waals surface area contributed by atoms with Gasteiger partial charge in [-0.25, -0.2) is 0 Å². The zero-order valence-electron chi connectivity index (χ0n) is 8.54. The standard InChI is InChI=1S/C9H18N2O2/c1-4-13-9(12)7(2)11(3)8-5-10-6-8/h7-8,10H,4-6H2,1-3H3. The molecule has 0 aromatic carbocycles. The third kappa shape index (κ3) is 2.42. The lowest BCUT2D eigenvalue weighted by molar-refractivity contribution is -0.149. The van der Waals surface area contributed by atoms with Crippen molar-refractivity contribution in [3.63, 3.8) is 0 Å². The van der Waals surface area contributed by atoms with Crippen LogP contribution in [0.15, 0.2) is 0 Å². The maximum Gasteiger partial charge on any atom is 0.323 e. The lowest BCUT2D eigenvalue weighted by atomic mass is 10.1. The van der Waals surface area contributed by atoms with Crippen molar-refractivity contribution in [1.29, 1.82) is 0 Å². The van der Waals surface area contributed by atoms with Crippen LogP contribution >= 0.6 is 0 Å². The van der Waals surface area contributed by atoms with E-state index in [1.165, 1.54) is 0 Å². The van der Waals surface area contributed by atoms with E-state index in [1.807, 2.05) is 20.9 Å². The van der Waals surface area contributed by atoms with Crippen molar-refractivity contribution >= 4 is 5.97 Å². The summed E-state index contributed by atoms with van der Waals surface area (Å²) in [7, 11) is 1.97. The van der Waals surface area contributed by atoms with Crippen LogP contribution in [0.25, 0.3) is 0 Å². The van der Waals surface area contributed by atoms with E-state index >= 15 is 0 Å². The van der Waals surface area contributed by atoms with Crippen molar-refractivity contribution in [3.8, 4) is 0 Å². The summed E-state index contributed by atoms with van der Waals surface area (Å²) in [4.78, 5) is 13.4. The lowest BCUT2D eigenvalue weighted by Gasteiger charge is -2.38. The molecule has 0 aromatic heterocycles. The summed E-state index contributed by atoms with van der Waals surface area (Å²) in [5.41, 5.74) is 0. The first kappa shape index (κ1) is 10.5. The van der Waals surface area contributed by atoms with Gasteiger partial charge in [0.2, 0.25) is 0 Å². The summed E-state index contributed by atoms with van der Waals surface area (Å²) >= 11 is 0. The van der Waals surface area contributed by atoms with Gasteiger partial charge in [-0.1, -0.05) is 0 Å².